The fourth-order valence-corrected chi connectivity index (χ4v) is 5.08. The maximum atomic E-state index is 13.5. The monoisotopic (exact) mass is 493 g/mol. The first-order valence-electron chi connectivity index (χ1n) is 12.0. The number of aromatic nitrogens is 2. The molecule has 0 spiro atoms. The average molecular weight is 494 g/mol. The van der Waals surface area contributed by atoms with E-state index in [1.165, 1.54) is 11.8 Å². The van der Waals surface area contributed by atoms with Crippen LogP contribution in [0.1, 0.15) is 58.0 Å². The van der Waals surface area contributed by atoms with Gasteiger partial charge in [0.15, 0.2) is 10.9 Å². The molecule has 2 heterocycles. The van der Waals surface area contributed by atoms with E-state index < -0.39 is 0 Å². The topological polar surface area (TPSA) is 90.3 Å². The molecule has 1 fully saturated rings. The van der Waals surface area contributed by atoms with Gasteiger partial charge in [-0.25, -0.2) is 4.98 Å². The molecule has 1 aliphatic rings. The maximum Gasteiger partial charge on any atom is 0.262 e. The van der Waals surface area contributed by atoms with Crippen LogP contribution in [0.4, 0.5) is 0 Å². The zero-order valence-corrected chi connectivity index (χ0v) is 21.2. The van der Waals surface area contributed by atoms with Gasteiger partial charge in [0.25, 0.3) is 11.5 Å². The van der Waals surface area contributed by atoms with E-state index >= 15 is 0 Å². The summed E-state index contributed by atoms with van der Waals surface area (Å²) in [5.74, 6) is -0.0509. The number of ketones is 1. The van der Waals surface area contributed by atoms with E-state index in [0.717, 1.165) is 30.4 Å². The lowest BCUT2D eigenvalue weighted by molar-refractivity contribution is 0.0937. The Hall–Kier alpha value is -2.97. The van der Waals surface area contributed by atoms with Crippen LogP contribution in [0.5, 0.6) is 0 Å². The Morgan fingerprint density at radius 1 is 1.20 bits per heavy atom. The highest BCUT2D eigenvalue weighted by Gasteiger charge is 2.22. The highest BCUT2D eigenvalue weighted by atomic mass is 32.2. The second kappa shape index (κ2) is 11.2. The minimum absolute atomic E-state index is 0.0121. The van der Waals surface area contributed by atoms with Gasteiger partial charge in [-0.3, -0.25) is 19.0 Å². The molecule has 1 saturated heterocycles. The molecule has 1 N–H and O–H groups in total. The van der Waals surface area contributed by atoms with E-state index in [2.05, 4.69) is 5.32 Å². The minimum Gasteiger partial charge on any atom is -0.376 e. The summed E-state index contributed by atoms with van der Waals surface area (Å²) in [6.07, 6.45) is 2.62. The molecule has 0 saturated carbocycles. The smallest absolute Gasteiger partial charge is 0.262 e. The number of hydrogen-bond donors (Lipinski definition) is 1. The van der Waals surface area contributed by atoms with Gasteiger partial charge in [0.1, 0.15) is 0 Å². The van der Waals surface area contributed by atoms with Gasteiger partial charge in [0.05, 0.1) is 29.3 Å². The normalized spacial score (nSPS) is 15.5. The first-order valence-corrected chi connectivity index (χ1v) is 13.0. The zero-order valence-electron chi connectivity index (χ0n) is 20.4. The van der Waals surface area contributed by atoms with Crippen molar-refractivity contribution in [2.75, 3.05) is 18.9 Å². The van der Waals surface area contributed by atoms with Crippen LogP contribution in [0.15, 0.2) is 46.3 Å². The molecule has 1 atom stereocenters. The molecule has 0 aliphatic carbocycles. The van der Waals surface area contributed by atoms with E-state index in [9.17, 15) is 14.4 Å². The van der Waals surface area contributed by atoms with E-state index in [0.29, 0.717) is 46.9 Å². The Morgan fingerprint density at radius 3 is 2.77 bits per heavy atom. The van der Waals surface area contributed by atoms with Gasteiger partial charge in [-0.05, 0) is 62.9 Å². The number of amides is 1. The average Bonchev–Trinajstić information content (AvgIpc) is 3.37. The van der Waals surface area contributed by atoms with Crippen LogP contribution in [0.2, 0.25) is 0 Å². The van der Waals surface area contributed by atoms with Gasteiger partial charge in [-0.2, -0.15) is 0 Å². The van der Waals surface area contributed by atoms with E-state index in [1.54, 1.807) is 22.8 Å². The van der Waals surface area contributed by atoms with Crippen molar-refractivity contribution >= 4 is 34.4 Å². The van der Waals surface area contributed by atoms with Crippen molar-refractivity contribution in [3.63, 3.8) is 0 Å². The number of Topliss-reactive ketones (excluding diaryl/α,β-unsaturated/α-hetero) is 1. The molecular weight excluding hydrogens is 462 g/mol. The third-order valence-corrected chi connectivity index (χ3v) is 7.13. The Labute approximate surface area is 209 Å². The van der Waals surface area contributed by atoms with Gasteiger partial charge in [0, 0.05) is 24.3 Å². The molecular formula is C27H31N3O4S. The summed E-state index contributed by atoms with van der Waals surface area (Å²) in [6.45, 7) is 7.52. The molecule has 35 heavy (non-hydrogen) atoms. The predicted molar refractivity (Wildman–Crippen MR) is 139 cm³/mol. The molecule has 0 radical (unpaired) electrons. The third kappa shape index (κ3) is 5.82. The lowest BCUT2D eigenvalue weighted by atomic mass is 10.0. The van der Waals surface area contributed by atoms with Crippen LogP contribution in [-0.4, -0.2) is 46.2 Å². The summed E-state index contributed by atoms with van der Waals surface area (Å²) < 4.78 is 7.40. The Morgan fingerprint density at radius 2 is 2.03 bits per heavy atom. The van der Waals surface area contributed by atoms with Crippen molar-refractivity contribution in [2.24, 2.45) is 0 Å². The van der Waals surface area contributed by atoms with Crippen molar-refractivity contribution in [3.05, 3.63) is 69.0 Å². The van der Waals surface area contributed by atoms with E-state index in [-0.39, 0.29) is 29.1 Å². The SMILES string of the molecule is CCCNC(=O)c1ccc2c(=O)n(CC3CCCO3)c(SCC(=O)c3cc(C)ccc3C)nc2c1. The number of nitrogens with one attached hydrogen (secondary N) is 1. The molecule has 1 amide bonds. The quantitative estimate of drug-likeness (QED) is 0.271. The molecule has 0 bridgehead atoms. The van der Waals surface area contributed by atoms with E-state index in [1.807, 2.05) is 39.0 Å². The minimum atomic E-state index is -0.196. The van der Waals surface area contributed by atoms with Gasteiger partial charge in [0.2, 0.25) is 0 Å². The number of hydrogen-bond acceptors (Lipinski definition) is 6. The number of carbonyl (C=O) groups is 2. The van der Waals surface area contributed by atoms with Crippen LogP contribution in [0.3, 0.4) is 0 Å². The highest BCUT2D eigenvalue weighted by Crippen LogP contribution is 2.23. The van der Waals surface area contributed by atoms with Gasteiger partial charge in [-0.15, -0.1) is 0 Å². The van der Waals surface area contributed by atoms with Crippen LogP contribution in [0, 0.1) is 13.8 Å². The molecule has 1 aliphatic heterocycles. The molecule has 4 rings (SSSR count). The predicted octanol–water partition coefficient (Wildman–Crippen LogP) is 4.31. The largest absolute Gasteiger partial charge is 0.376 e. The number of benzene rings is 2. The number of aryl methyl sites for hydroxylation is 2. The number of thioether (sulfide) groups is 1. The van der Waals surface area contributed by atoms with Gasteiger partial charge < -0.3 is 10.1 Å². The van der Waals surface area contributed by atoms with Crippen LogP contribution in [0.25, 0.3) is 10.9 Å². The summed E-state index contributed by atoms with van der Waals surface area (Å²) in [7, 11) is 0. The molecule has 8 heteroatoms. The van der Waals surface area contributed by atoms with Gasteiger partial charge in [-0.1, -0.05) is 36.4 Å². The van der Waals surface area contributed by atoms with Crippen molar-refractivity contribution in [1.82, 2.24) is 14.9 Å². The lowest BCUT2D eigenvalue weighted by Crippen LogP contribution is -2.29. The summed E-state index contributed by atoms with van der Waals surface area (Å²) in [5, 5.41) is 3.76. The zero-order chi connectivity index (χ0) is 24.9. The number of fused-ring (bicyclic) bond motifs is 1. The van der Waals surface area contributed by atoms with Crippen molar-refractivity contribution in [1.29, 1.82) is 0 Å². The molecule has 184 valence electrons. The number of nitrogens with zero attached hydrogens (tertiary/aromatic N) is 2. The molecule has 7 nitrogen and oxygen atoms in total. The molecule has 2 aromatic carbocycles. The first-order chi connectivity index (χ1) is 16.9. The second-order valence-corrected chi connectivity index (χ2v) is 9.91. The van der Waals surface area contributed by atoms with Crippen LogP contribution < -0.4 is 10.9 Å². The van der Waals surface area contributed by atoms with Crippen molar-refractivity contribution in [2.45, 2.75) is 57.8 Å². The Balaban J connectivity index is 1.68. The molecule has 1 aromatic heterocycles. The maximum absolute atomic E-state index is 13.5. The number of rotatable bonds is 9. The number of carbonyl (C=O) groups excluding carboxylic acids is 2. The molecule has 1 unspecified atom stereocenters. The Kier molecular flexibility index (Phi) is 8.03. The summed E-state index contributed by atoms with van der Waals surface area (Å²) in [6, 6.07) is 10.8. The van der Waals surface area contributed by atoms with E-state index in [4.69, 9.17) is 9.72 Å². The fraction of sp³-hybridized carbons (Fsp3) is 0.407. The van der Waals surface area contributed by atoms with Gasteiger partial charge >= 0.3 is 0 Å². The summed E-state index contributed by atoms with van der Waals surface area (Å²) in [5.41, 5.74) is 3.35. The standard InChI is InChI=1S/C27H31N3O4S/c1-4-11-28-25(32)19-9-10-21-23(14-19)29-27(30(26(21)33)15-20-6-5-12-34-20)35-16-24(31)22-13-17(2)7-8-18(22)3/h7-10,13-14,20H,4-6,11-12,15-16H2,1-3H3,(H,28,32). The van der Waals surface area contributed by atoms with Crippen molar-refractivity contribution < 1.29 is 14.3 Å². The van der Waals surface area contributed by atoms with Crippen LogP contribution >= 0.6 is 11.8 Å². The summed E-state index contributed by atoms with van der Waals surface area (Å²) in [4.78, 5) is 43.7. The molecule has 3 aromatic rings. The first kappa shape index (κ1) is 25.1. The summed E-state index contributed by atoms with van der Waals surface area (Å²) >= 11 is 1.25. The lowest BCUT2D eigenvalue weighted by Gasteiger charge is -2.17. The Bertz CT molecular complexity index is 1310. The van der Waals surface area contributed by atoms with Crippen LogP contribution in [-0.2, 0) is 11.3 Å². The fourth-order valence-electron chi connectivity index (χ4n) is 4.19. The van der Waals surface area contributed by atoms with Crippen molar-refractivity contribution in [3.8, 4) is 0 Å². The highest BCUT2D eigenvalue weighted by molar-refractivity contribution is 7.99. The number of ether oxygens (including phenoxy) is 1. The third-order valence-electron chi connectivity index (χ3n) is 6.15. The second-order valence-electron chi connectivity index (χ2n) is 8.96.